The van der Waals surface area contributed by atoms with Crippen LogP contribution in [0.4, 0.5) is 0 Å². The lowest BCUT2D eigenvalue weighted by Crippen LogP contribution is -2.27. The SMILES string of the molecule is CCCCC(CC)COC(=O)C1=CC(C)C2c3c(ccc(C(=O)OCC(CC)CCCC)c31)-c1ccc(C(=O)OCC(CC)CCCC)c3c(C(=O)OCC(CC)CCCC)ccc2c13. The van der Waals surface area contributed by atoms with Gasteiger partial charge in [-0.3, -0.25) is 0 Å². The first kappa shape index (κ1) is 51.5. The molecule has 5 rings (SSSR count). The molecule has 65 heavy (non-hydrogen) atoms. The standard InChI is InChI=1S/C57H80O8/c1-10-18-22-38(14-5)33-62-54(58)45-29-26-42-43-27-30-47(56(60)64-35-40(16-7)24-20-12-3)52-48(57(61)65-36-41(17-8)25-21-13-4)32-37(9)49(53(43)52)44-28-31-46(51(45)50(42)44)55(59)63-34-39(15-6)23-19-11-2/h26-32,37-41,49H,10-25,33-36H2,1-9H3. The van der Waals surface area contributed by atoms with Gasteiger partial charge in [0.15, 0.2) is 0 Å². The zero-order valence-corrected chi connectivity index (χ0v) is 41.4. The van der Waals surface area contributed by atoms with Gasteiger partial charge in [-0.25, -0.2) is 19.2 Å². The Balaban J connectivity index is 1.68. The quantitative estimate of drug-likeness (QED) is 0.0524. The third kappa shape index (κ3) is 12.3. The van der Waals surface area contributed by atoms with Crippen LogP contribution >= 0.6 is 0 Å². The van der Waals surface area contributed by atoms with Gasteiger partial charge < -0.3 is 18.9 Å². The highest BCUT2D eigenvalue weighted by atomic mass is 16.5. The highest BCUT2D eigenvalue weighted by molar-refractivity contribution is 6.23. The second kappa shape index (κ2) is 25.4. The Morgan fingerprint density at radius 2 is 0.862 bits per heavy atom. The number of fused-ring (bicyclic) bond motifs is 2. The van der Waals surface area contributed by atoms with Gasteiger partial charge in [-0.2, -0.15) is 0 Å². The summed E-state index contributed by atoms with van der Waals surface area (Å²) in [6.07, 6.45) is 18.0. The van der Waals surface area contributed by atoms with E-state index in [0.717, 1.165) is 130 Å². The smallest absolute Gasteiger partial charge is 0.338 e. The van der Waals surface area contributed by atoms with Gasteiger partial charge in [0.1, 0.15) is 0 Å². The zero-order chi connectivity index (χ0) is 47.0. The summed E-state index contributed by atoms with van der Waals surface area (Å²) >= 11 is 0. The topological polar surface area (TPSA) is 105 Å². The molecule has 0 saturated heterocycles. The maximum absolute atomic E-state index is 14.4. The van der Waals surface area contributed by atoms with E-state index in [9.17, 15) is 19.2 Å². The Kier molecular flexibility index (Phi) is 20.2. The highest BCUT2D eigenvalue weighted by Crippen LogP contribution is 2.55. The molecular formula is C57H80O8. The van der Waals surface area contributed by atoms with Crippen molar-refractivity contribution in [2.24, 2.45) is 29.6 Å². The minimum Gasteiger partial charge on any atom is -0.462 e. The minimum absolute atomic E-state index is 0.215. The fourth-order valence-electron chi connectivity index (χ4n) is 9.98. The summed E-state index contributed by atoms with van der Waals surface area (Å²) in [6, 6.07) is 11.2. The Bertz CT molecular complexity index is 2070. The Labute approximate surface area is 391 Å². The van der Waals surface area contributed by atoms with Gasteiger partial charge in [-0.05, 0) is 101 Å². The molecule has 0 N–H and O–H groups in total. The van der Waals surface area contributed by atoms with E-state index in [4.69, 9.17) is 18.9 Å². The maximum Gasteiger partial charge on any atom is 0.338 e. The predicted octanol–water partition coefficient (Wildman–Crippen LogP) is 14.9. The van der Waals surface area contributed by atoms with Crippen molar-refractivity contribution in [1.82, 2.24) is 0 Å². The van der Waals surface area contributed by atoms with E-state index in [2.05, 4.69) is 62.3 Å². The molecule has 0 fully saturated rings. The van der Waals surface area contributed by atoms with E-state index in [-0.39, 0.29) is 35.5 Å². The van der Waals surface area contributed by atoms with Gasteiger partial charge in [-0.1, -0.05) is 164 Å². The summed E-state index contributed by atoms with van der Waals surface area (Å²) in [5.74, 6) is -1.38. The lowest BCUT2D eigenvalue weighted by molar-refractivity contribution is -0.138. The molecule has 0 amide bonds. The molecule has 0 aromatic heterocycles. The number of ether oxygens (including phenoxy) is 4. The second-order valence-electron chi connectivity index (χ2n) is 19.0. The van der Waals surface area contributed by atoms with Crippen molar-refractivity contribution < 1.29 is 38.1 Å². The molecule has 0 heterocycles. The van der Waals surface area contributed by atoms with E-state index in [1.165, 1.54) is 0 Å². The second-order valence-corrected chi connectivity index (χ2v) is 19.0. The normalized spacial score (nSPS) is 16.8. The molecule has 3 aromatic rings. The van der Waals surface area contributed by atoms with E-state index < -0.39 is 23.9 Å². The lowest BCUT2D eigenvalue weighted by Gasteiger charge is -2.38. The van der Waals surface area contributed by atoms with Crippen molar-refractivity contribution >= 4 is 40.2 Å². The molecule has 0 spiro atoms. The van der Waals surface area contributed by atoms with Crippen LogP contribution in [0.5, 0.6) is 0 Å². The Morgan fingerprint density at radius 3 is 1.29 bits per heavy atom. The van der Waals surface area contributed by atoms with E-state index in [0.29, 0.717) is 59.6 Å². The van der Waals surface area contributed by atoms with E-state index >= 15 is 0 Å². The molecule has 8 nitrogen and oxygen atoms in total. The number of carbonyl (C=O) groups excluding carboxylic acids is 4. The molecule has 3 aromatic carbocycles. The number of benzene rings is 3. The first-order chi connectivity index (χ1) is 31.5. The van der Waals surface area contributed by atoms with Gasteiger partial charge in [0.25, 0.3) is 0 Å². The third-order valence-corrected chi connectivity index (χ3v) is 14.5. The number of carbonyl (C=O) groups is 4. The van der Waals surface area contributed by atoms with Crippen LogP contribution < -0.4 is 0 Å². The average Bonchev–Trinajstić information content (AvgIpc) is 3.32. The number of allylic oxidation sites excluding steroid dienone is 1. The summed E-state index contributed by atoms with van der Waals surface area (Å²) in [7, 11) is 0. The van der Waals surface area contributed by atoms with Crippen molar-refractivity contribution in [3.8, 4) is 11.1 Å². The van der Waals surface area contributed by atoms with Crippen molar-refractivity contribution in [2.45, 2.75) is 171 Å². The summed E-state index contributed by atoms with van der Waals surface area (Å²) < 4.78 is 24.5. The highest BCUT2D eigenvalue weighted by Gasteiger charge is 2.41. The fourth-order valence-corrected chi connectivity index (χ4v) is 9.98. The first-order valence-corrected chi connectivity index (χ1v) is 25.7. The van der Waals surface area contributed by atoms with Gasteiger partial charge in [0, 0.05) is 16.9 Å². The zero-order valence-electron chi connectivity index (χ0n) is 41.4. The van der Waals surface area contributed by atoms with E-state index in [1.54, 1.807) is 18.2 Å². The molecule has 0 radical (unpaired) electrons. The number of esters is 4. The van der Waals surface area contributed by atoms with Crippen LogP contribution in [0.15, 0.2) is 42.5 Å². The minimum atomic E-state index is -0.466. The number of rotatable bonds is 28. The molecule has 356 valence electrons. The van der Waals surface area contributed by atoms with Crippen LogP contribution in [-0.2, 0) is 23.7 Å². The fraction of sp³-hybridized carbons (Fsp3) is 0.614. The summed E-state index contributed by atoms with van der Waals surface area (Å²) in [5, 5.41) is 1.31. The van der Waals surface area contributed by atoms with Crippen molar-refractivity contribution in [3.63, 3.8) is 0 Å². The molecule has 0 aliphatic heterocycles. The number of hydrogen-bond acceptors (Lipinski definition) is 8. The van der Waals surface area contributed by atoms with Crippen molar-refractivity contribution in [1.29, 1.82) is 0 Å². The molecule has 0 bridgehead atoms. The number of hydrogen-bond donors (Lipinski definition) is 0. The summed E-state index contributed by atoms with van der Waals surface area (Å²) in [5.41, 5.74) is 5.36. The van der Waals surface area contributed by atoms with Crippen LogP contribution in [0, 0.1) is 29.6 Å². The average molecular weight is 893 g/mol. The Hall–Kier alpha value is -4.46. The summed E-state index contributed by atoms with van der Waals surface area (Å²) in [6.45, 7) is 20.5. The van der Waals surface area contributed by atoms with Gasteiger partial charge >= 0.3 is 23.9 Å². The van der Waals surface area contributed by atoms with Crippen LogP contribution in [-0.4, -0.2) is 50.3 Å². The van der Waals surface area contributed by atoms with Crippen LogP contribution in [0.3, 0.4) is 0 Å². The molecule has 6 unspecified atom stereocenters. The van der Waals surface area contributed by atoms with Crippen molar-refractivity contribution in [3.05, 3.63) is 75.9 Å². The first-order valence-electron chi connectivity index (χ1n) is 25.7. The van der Waals surface area contributed by atoms with Crippen LogP contribution in [0.2, 0.25) is 0 Å². The largest absolute Gasteiger partial charge is 0.462 e. The Morgan fingerprint density at radius 1 is 0.477 bits per heavy atom. The lowest BCUT2D eigenvalue weighted by atomic mass is 9.65. The molecular weight excluding hydrogens is 813 g/mol. The maximum atomic E-state index is 14.4. The molecule has 2 aliphatic carbocycles. The van der Waals surface area contributed by atoms with Gasteiger partial charge in [0.05, 0.1) is 48.7 Å². The third-order valence-electron chi connectivity index (χ3n) is 14.5. The number of unbranched alkanes of at least 4 members (excludes halogenated alkanes) is 4. The van der Waals surface area contributed by atoms with E-state index in [1.807, 2.05) is 24.3 Å². The molecule has 0 saturated carbocycles. The van der Waals surface area contributed by atoms with Crippen molar-refractivity contribution in [2.75, 3.05) is 26.4 Å². The predicted molar refractivity (Wildman–Crippen MR) is 263 cm³/mol. The van der Waals surface area contributed by atoms with Crippen LogP contribution in [0.1, 0.15) is 219 Å². The van der Waals surface area contributed by atoms with Gasteiger partial charge in [0.2, 0.25) is 0 Å². The monoisotopic (exact) mass is 893 g/mol. The molecule has 2 aliphatic rings. The summed E-state index contributed by atoms with van der Waals surface area (Å²) in [4.78, 5) is 57.5. The molecule has 8 heteroatoms. The van der Waals surface area contributed by atoms with Gasteiger partial charge in [-0.15, -0.1) is 0 Å². The van der Waals surface area contributed by atoms with Crippen LogP contribution in [0.25, 0.3) is 27.5 Å². The molecule has 6 atom stereocenters.